The smallest absolute Gasteiger partial charge is 0.147 e. The van der Waals surface area contributed by atoms with Gasteiger partial charge in [0.1, 0.15) is 5.65 Å². The third kappa shape index (κ3) is 2.17. The van der Waals surface area contributed by atoms with E-state index in [-0.39, 0.29) is 0 Å². The molecule has 8 aromatic rings. The van der Waals surface area contributed by atoms with E-state index in [1.165, 1.54) is 38.1 Å². The normalized spacial score (nSPS) is 12.1. The van der Waals surface area contributed by atoms with Gasteiger partial charge in [0.2, 0.25) is 0 Å². The molecule has 0 N–H and O–H groups in total. The molecule has 0 aliphatic heterocycles. The molecule has 0 saturated heterocycles. The molecule has 0 bridgehead atoms. The lowest BCUT2D eigenvalue weighted by Gasteiger charge is -2.11. The van der Waals surface area contributed by atoms with Crippen LogP contribution in [-0.2, 0) is 0 Å². The summed E-state index contributed by atoms with van der Waals surface area (Å²) in [7, 11) is 0. The van der Waals surface area contributed by atoms with E-state index in [0.29, 0.717) is 0 Å². The average molecular weight is 435 g/mol. The Bertz CT molecular complexity index is 2060. The minimum atomic E-state index is 0.945. The predicted octanol–water partition coefficient (Wildman–Crippen LogP) is 7.29. The molecule has 0 atom stereocenters. The Morgan fingerprint density at radius 2 is 1.35 bits per heavy atom. The number of hydrogen-bond donors (Lipinski definition) is 0. The minimum absolute atomic E-state index is 0.945. The first-order chi connectivity index (χ1) is 16.9. The van der Waals surface area contributed by atoms with E-state index >= 15 is 0 Å². The molecule has 158 valence electrons. The van der Waals surface area contributed by atoms with Gasteiger partial charge in [0.05, 0.1) is 27.6 Å². The van der Waals surface area contributed by atoms with E-state index in [4.69, 9.17) is 4.98 Å². The SMILES string of the molecule is c1ccc(-n2c3ccccc3c3c2ccc2c4ccncc4c4nc5ccccc5n4c23)cc1. The van der Waals surface area contributed by atoms with Crippen molar-refractivity contribution in [3.8, 4) is 5.69 Å². The van der Waals surface area contributed by atoms with Gasteiger partial charge in [-0.2, -0.15) is 0 Å². The second kappa shape index (κ2) is 6.42. The molecule has 4 heteroatoms. The highest BCUT2D eigenvalue weighted by atomic mass is 15.0. The second-order valence-corrected chi connectivity index (χ2v) is 8.72. The van der Waals surface area contributed by atoms with Crippen molar-refractivity contribution in [3.05, 3.63) is 109 Å². The lowest BCUT2D eigenvalue weighted by Crippen LogP contribution is -1.95. The molecule has 4 aromatic carbocycles. The quantitative estimate of drug-likeness (QED) is 0.254. The van der Waals surface area contributed by atoms with Crippen molar-refractivity contribution in [2.75, 3.05) is 0 Å². The minimum Gasteiger partial charge on any atom is -0.309 e. The van der Waals surface area contributed by atoms with Crippen molar-refractivity contribution in [3.63, 3.8) is 0 Å². The molecule has 0 fully saturated rings. The van der Waals surface area contributed by atoms with Gasteiger partial charge in [0.15, 0.2) is 0 Å². The van der Waals surface area contributed by atoms with Crippen molar-refractivity contribution in [1.29, 1.82) is 0 Å². The summed E-state index contributed by atoms with van der Waals surface area (Å²) in [6.45, 7) is 0. The molecule has 0 radical (unpaired) electrons. The first-order valence-electron chi connectivity index (χ1n) is 11.4. The summed E-state index contributed by atoms with van der Waals surface area (Å²) >= 11 is 0. The fourth-order valence-electron chi connectivity index (χ4n) is 5.59. The number of hydrogen-bond acceptors (Lipinski definition) is 2. The monoisotopic (exact) mass is 434 g/mol. The highest BCUT2D eigenvalue weighted by molar-refractivity contribution is 6.26. The van der Waals surface area contributed by atoms with E-state index in [2.05, 4.69) is 105 Å². The first-order valence-corrected chi connectivity index (χ1v) is 11.4. The number of rotatable bonds is 1. The van der Waals surface area contributed by atoms with Crippen LogP contribution in [0, 0.1) is 0 Å². The van der Waals surface area contributed by atoms with Crippen molar-refractivity contribution < 1.29 is 0 Å². The lowest BCUT2D eigenvalue weighted by atomic mass is 10.0. The van der Waals surface area contributed by atoms with Crippen molar-refractivity contribution in [2.24, 2.45) is 0 Å². The van der Waals surface area contributed by atoms with Gasteiger partial charge >= 0.3 is 0 Å². The van der Waals surface area contributed by atoms with E-state index in [9.17, 15) is 0 Å². The molecule has 8 rings (SSSR count). The number of imidazole rings is 1. The van der Waals surface area contributed by atoms with Crippen molar-refractivity contribution in [1.82, 2.24) is 18.9 Å². The maximum Gasteiger partial charge on any atom is 0.147 e. The van der Waals surface area contributed by atoms with Gasteiger partial charge in [-0.05, 0) is 47.9 Å². The Hall–Kier alpha value is -4.70. The molecule has 4 heterocycles. The van der Waals surface area contributed by atoms with Gasteiger partial charge in [0, 0.05) is 39.6 Å². The van der Waals surface area contributed by atoms with Crippen LogP contribution in [0.4, 0.5) is 0 Å². The summed E-state index contributed by atoms with van der Waals surface area (Å²) < 4.78 is 4.70. The molecule has 0 spiro atoms. The molecular weight excluding hydrogens is 416 g/mol. The molecule has 0 aliphatic rings. The third-order valence-corrected chi connectivity index (χ3v) is 6.96. The predicted molar refractivity (Wildman–Crippen MR) is 140 cm³/mol. The van der Waals surface area contributed by atoms with Crippen LogP contribution in [0.3, 0.4) is 0 Å². The van der Waals surface area contributed by atoms with Crippen molar-refractivity contribution in [2.45, 2.75) is 0 Å². The molecule has 0 saturated carbocycles. The van der Waals surface area contributed by atoms with E-state index in [1.807, 2.05) is 18.5 Å². The summed E-state index contributed by atoms with van der Waals surface area (Å²) in [5, 5.41) is 5.92. The van der Waals surface area contributed by atoms with Gasteiger partial charge in [-0.1, -0.05) is 54.6 Å². The van der Waals surface area contributed by atoms with Gasteiger partial charge in [-0.3, -0.25) is 9.38 Å². The van der Waals surface area contributed by atoms with Crippen LogP contribution in [-0.4, -0.2) is 18.9 Å². The molecule has 4 nitrogen and oxygen atoms in total. The van der Waals surface area contributed by atoms with Gasteiger partial charge < -0.3 is 4.57 Å². The van der Waals surface area contributed by atoms with E-state index < -0.39 is 0 Å². The standard InChI is InChI=1S/C30H18N4/c1-2-8-19(9-3-1)33-25-12-6-4-10-22(25)28-27(33)15-14-21-20-16-17-31-18-23(20)30-32-24-11-5-7-13-26(24)34(30)29(21)28/h1-18H. The summed E-state index contributed by atoms with van der Waals surface area (Å²) in [6, 6.07) is 34.3. The Morgan fingerprint density at radius 1 is 0.559 bits per heavy atom. The fraction of sp³-hybridized carbons (Fsp3) is 0. The molecule has 4 aromatic heterocycles. The highest BCUT2D eigenvalue weighted by Gasteiger charge is 2.20. The Labute approximate surface area is 194 Å². The van der Waals surface area contributed by atoms with Crippen LogP contribution in [0.1, 0.15) is 0 Å². The largest absolute Gasteiger partial charge is 0.309 e. The summed E-state index contributed by atoms with van der Waals surface area (Å²) in [5.41, 5.74) is 7.77. The van der Waals surface area contributed by atoms with Crippen LogP contribution >= 0.6 is 0 Å². The summed E-state index contributed by atoms with van der Waals surface area (Å²) in [6.07, 6.45) is 3.81. The molecule has 34 heavy (non-hydrogen) atoms. The Morgan fingerprint density at radius 3 is 2.26 bits per heavy atom. The van der Waals surface area contributed by atoms with Gasteiger partial charge in [-0.15, -0.1) is 0 Å². The Kier molecular flexibility index (Phi) is 3.36. The first kappa shape index (κ1) is 17.8. The third-order valence-electron chi connectivity index (χ3n) is 6.96. The van der Waals surface area contributed by atoms with Crippen LogP contribution in [0.25, 0.3) is 65.8 Å². The second-order valence-electron chi connectivity index (χ2n) is 8.72. The van der Waals surface area contributed by atoms with Gasteiger partial charge in [-0.25, -0.2) is 4.98 Å². The van der Waals surface area contributed by atoms with Crippen LogP contribution in [0.2, 0.25) is 0 Å². The zero-order valence-electron chi connectivity index (χ0n) is 18.2. The van der Waals surface area contributed by atoms with E-state index in [1.54, 1.807) is 0 Å². The summed E-state index contributed by atoms with van der Waals surface area (Å²) in [5.74, 6) is 0. The highest BCUT2D eigenvalue weighted by Crippen LogP contribution is 2.40. The van der Waals surface area contributed by atoms with Crippen molar-refractivity contribution >= 4 is 60.2 Å². The zero-order chi connectivity index (χ0) is 22.2. The van der Waals surface area contributed by atoms with Gasteiger partial charge in [0.25, 0.3) is 0 Å². The number of nitrogens with zero attached hydrogens (tertiary/aromatic N) is 4. The molecular formula is C30H18N4. The fourth-order valence-corrected chi connectivity index (χ4v) is 5.59. The van der Waals surface area contributed by atoms with E-state index in [0.717, 1.165) is 27.8 Å². The molecule has 0 amide bonds. The van der Waals surface area contributed by atoms with Crippen LogP contribution < -0.4 is 0 Å². The maximum atomic E-state index is 5.06. The Balaban J connectivity index is 1.74. The average Bonchev–Trinajstić information content (AvgIpc) is 3.46. The summed E-state index contributed by atoms with van der Waals surface area (Å²) in [4.78, 5) is 9.50. The maximum absolute atomic E-state index is 5.06. The molecule has 0 aliphatic carbocycles. The lowest BCUT2D eigenvalue weighted by molar-refractivity contribution is 1.18. The molecule has 0 unspecified atom stereocenters. The number of fused-ring (bicyclic) bond motifs is 12. The topological polar surface area (TPSA) is 35.1 Å². The van der Waals surface area contributed by atoms with Crippen LogP contribution in [0.5, 0.6) is 0 Å². The number of aromatic nitrogens is 4. The number of pyridine rings is 2. The number of para-hydroxylation sites is 4. The van der Waals surface area contributed by atoms with Crippen LogP contribution in [0.15, 0.2) is 109 Å². The zero-order valence-corrected chi connectivity index (χ0v) is 18.2. The number of benzene rings is 4.